The third-order valence-electron chi connectivity index (χ3n) is 2.80. The monoisotopic (exact) mass is 251 g/mol. The number of nitrogens with zero attached hydrogens (tertiary/aromatic N) is 2. The van der Waals surface area contributed by atoms with Gasteiger partial charge in [0.1, 0.15) is 17.8 Å². The first-order valence-electron chi connectivity index (χ1n) is 6.02. The zero-order valence-electron chi connectivity index (χ0n) is 10.5. The number of benzene rings is 2. The average Bonchev–Trinajstić information content (AvgIpc) is 2.96. The van der Waals surface area contributed by atoms with Crippen molar-refractivity contribution in [1.82, 2.24) is 15.2 Å². The maximum Gasteiger partial charge on any atom is 0.161 e. The maximum absolute atomic E-state index is 5.76. The summed E-state index contributed by atoms with van der Waals surface area (Å²) in [4.78, 5) is 2.97. The molecule has 0 saturated carbocycles. The average molecular weight is 251 g/mol. The number of H-pyrrole nitrogens is 1. The van der Waals surface area contributed by atoms with Crippen molar-refractivity contribution >= 4 is 0 Å². The van der Waals surface area contributed by atoms with Crippen molar-refractivity contribution in [2.24, 2.45) is 0 Å². The Hall–Kier alpha value is -2.62. The van der Waals surface area contributed by atoms with E-state index in [9.17, 15) is 0 Å². The van der Waals surface area contributed by atoms with E-state index in [4.69, 9.17) is 4.74 Å². The van der Waals surface area contributed by atoms with Crippen molar-refractivity contribution in [3.63, 3.8) is 0 Å². The third-order valence-corrected chi connectivity index (χ3v) is 2.80. The van der Waals surface area contributed by atoms with Crippen LogP contribution in [-0.4, -0.2) is 15.2 Å². The van der Waals surface area contributed by atoms with Gasteiger partial charge < -0.3 is 9.72 Å². The van der Waals surface area contributed by atoms with Gasteiger partial charge in [0.05, 0.1) is 0 Å². The molecule has 0 aliphatic heterocycles. The molecule has 0 amide bonds. The van der Waals surface area contributed by atoms with Gasteiger partial charge in [-0.2, -0.15) is 0 Å². The lowest BCUT2D eigenvalue weighted by atomic mass is 10.2. The van der Waals surface area contributed by atoms with Crippen LogP contribution in [-0.2, 0) is 0 Å². The second-order valence-electron chi connectivity index (χ2n) is 4.28. The second-order valence-corrected chi connectivity index (χ2v) is 4.28. The van der Waals surface area contributed by atoms with E-state index in [1.165, 1.54) is 5.56 Å². The van der Waals surface area contributed by atoms with Crippen LogP contribution in [0.4, 0.5) is 0 Å². The molecule has 0 radical (unpaired) electrons. The van der Waals surface area contributed by atoms with E-state index in [-0.39, 0.29) is 0 Å². The Balaban J connectivity index is 1.77. The Bertz CT molecular complexity index is 643. The molecule has 1 N–H and O–H groups in total. The van der Waals surface area contributed by atoms with E-state index in [1.807, 2.05) is 48.5 Å². The van der Waals surface area contributed by atoms with Crippen molar-refractivity contribution in [2.45, 2.75) is 6.92 Å². The highest BCUT2D eigenvalue weighted by molar-refractivity contribution is 5.55. The van der Waals surface area contributed by atoms with Gasteiger partial charge in [0.25, 0.3) is 0 Å². The number of aromatic amines is 1. The molecule has 0 bridgehead atoms. The van der Waals surface area contributed by atoms with Gasteiger partial charge in [-0.25, -0.2) is 0 Å². The molecule has 3 aromatic rings. The quantitative estimate of drug-likeness (QED) is 0.774. The lowest BCUT2D eigenvalue weighted by Crippen LogP contribution is -1.85. The number of hydrogen-bond acceptors (Lipinski definition) is 3. The van der Waals surface area contributed by atoms with Crippen molar-refractivity contribution in [3.8, 4) is 22.9 Å². The van der Waals surface area contributed by atoms with Gasteiger partial charge in [0, 0.05) is 5.56 Å². The van der Waals surface area contributed by atoms with Crippen LogP contribution >= 0.6 is 0 Å². The van der Waals surface area contributed by atoms with Gasteiger partial charge in [-0.05, 0) is 43.3 Å². The SMILES string of the molecule is Cc1ccc(Oc2ccc(-c3nnc[nH]3)cc2)cc1. The normalized spacial score (nSPS) is 10.4. The molecule has 0 atom stereocenters. The summed E-state index contributed by atoms with van der Waals surface area (Å²) in [5.41, 5.74) is 2.20. The molecule has 0 unspecified atom stereocenters. The molecule has 0 aliphatic carbocycles. The van der Waals surface area contributed by atoms with E-state index in [0.29, 0.717) is 0 Å². The van der Waals surface area contributed by atoms with E-state index in [0.717, 1.165) is 22.9 Å². The second kappa shape index (κ2) is 4.94. The largest absolute Gasteiger partial charge is 0.457 e. The summed E-state index contributed by atoms with van der Waals surface area (Å²) in [5.74, 6) is 2.38. The number of aromatic nitrogens is 3. The van der Waals surface area contributed by atoms with Gasteiger partial charge in [0.2, 0.25) is 0 Å². The molecular formula is C15H13N3O. The predicted octanol–water partition coefficient (Wildman–Crippen LogP) is 3.57. The standard InChI is InChI=1S/C15H13N3O/c1-11-2-6-13(7-3-11)19-14-8-4-12(5-9-14)15-16-10-17-18-15/h2-10H,1H3,(H,16,17,18). The Morgan fingerprint density at radius 1 is 0.895 bits per heavy atom. The lowest BCUT2D eigenvalue weighted by Gasteiger charge is -2.06. The third kappa shape index (κ3) is 2.63. The highest BCUT2D eigenvalue weighted by Crippen LogP contribution is 2.24. The molecule has 4 heteroatoms. The van der Waals surface area contributed by atoms with Gasteiger partial charge in [-0.15, -0.1) is 10.2 Å². The first kappa shape index (κ1) is 11.5. The molecule has 1 heterocycles. The van der Waals surface area contributed by atoms with Crippen LogP contribution in [0.1, 0.15) is 5.56 Å². The summed E-state index contributed by atoms with van der Waals surface area (Å²) in [5, 5.41) is 7.72. The molecular weight excluding hydrogens is 238 g/mol. The maximum atomic E-state index is 5.76. The van der Waals surface area contributed by atoms with Gasteiger partial charge in [0.15, 0.2) is 5.82 Å². The minimum Gasteiger partial charge on any atom is -0.457 e. The molecule has 19 heavy (non-hydrogen) atoms. The van der Waals surface area contributed by atoms with E-state index in [1.54, 1.807) is 6.33 Å². The molecule has 0 saturated heterocycles. The minimum absolute atomic E-state index is 0.752. The fourth-order valence-electron chi connectivity index (χ4n) is 1.77. The van der Waals surface area contributed by atoms with E-state index >= 15 is 0 Å². The molecule has 4 nitrogen and oxygen atoms in total. The summed E-state index contributed by atoms with van der Waals surface area (Å²) in [6, 6.07) is 15.7. The molecule has 1 aromatic heterocycles. The van der Waals surface area contributed by atoms with Crippen LogP contribution in [0.15, 0.2) is 54.9 Å². The highest BCUT2D eigenvalue weighted by Gasteiger charge is 2.02. The van der Waals surface area contributed by atoms with E-state index in [2.05, 4.69) is 22.1 Å². The van der Waals surface area contributed by atoms with Crippen LogP contribution in [0.25, 0.3) is 11.4 Å². The zero-order valence-corrected chi connectivity index (χ0v) is 10.5. The van der Waals surface area contributed by atoms with E-state index < -0.39 is 0 Å². The highest BCUT2D eigenvalue weighted by atomic mass is 16.5. The minimum atomic E-state index is 0.752. The molecule has 3 rings (SSSR count). The fourth-order valence-corrected chi connectivity index (χ4v) is 1.77. The predicted molar refractivity (Wildman–Crippen MR) is 73.1 cm³/mol. The molecule has 2 aromatic carbocycles. The van der Waals surface area contributed by atoms with Crippen molar-refractivity contribution < 1.29 is 4.74 Å². The Kier molecular flexibility index (Phi) is 2.98. The number of ether oxygens (including phenoxy) is 1. The smallest absolute Gasteiger partial charge is 0.161 e. The van der Waals surface area contributed by atoms with Crippen LogP contribution < -0.4 is 4.74 Å². The number of aryl methyl sites for hydroxylation is 1. The summed E-state index contributed by atoms with van der Waals surface area (Å²) < 4.78 is 5.76. The Labute approximate surface area is 111 Å². The summed E-state index contributed by atoms with van der Waals surface area (Å²) in [7, 11) is 0. The fraction of sp³-hybridized carbons (Fsp3) is 0.0667. The summed E-state index contributed by atoms with van der Waals surface area (Å²) in [6.07, 6.45) is 1.56. The molecule has 0 spiro atoms. The van der Waals surface area contributed by atoms with Crippen LogP contribution in [0.2, 0.25) is 0 Å². The van der Waals surface area contributed by atoms with Gasteiger partial charge in [-0.3, -0.25) is 0 Å². The number of hydrogen-bond donors (Lipinski definition) is 1. The van der Waals surface area contributed by atoms with Crippen molar-refractivity contribution in [1.29, 1.82) is 0 Å². The van der Waals surface area contributed by atoms with Gasteiger partial charge in [-0.1, -0.05) is 17.7 Å². The molecule has 0 aliphatic rings. The van der Waals surface area contributed by atoms with Crippen LogP contribution in [0.5, 0.6) is 11.5 Å². The molecule has 0 fully saturated rings. The van der Waals surface area contributed by atoms with Crippen molar-refractivity contribution in [2.75, 3.05) is 0 Å². The first-order valence-corrected chi connectivity index (χ1v) is 6.02. The number of rotatable bonds is 3. The summed E-state index contributed by atoms with van der Waals surface area (Å²) >= 11 is 0. The molecule has 94 valence electrons. The number of nitrogens with one attached hydrogen (secondary N) is 1. The lowest BCUT2D eigenvalue weighted by molar-refractivity contribution is 0.482. The Morgan fingerprint density at radius 3 is 2.11 bits per heavy atom. The summed E-state index contributed by atoms with van der Waals surface area (Å²) in [6.45, 7) is 2.05. The topological polar surface area (TPSA) is 50.8 Å². The van der Waals surface area contributed by atoms with Crippen LogP contribution in [0.3, 0.4) is 0 Å². The zero-order chi connectivity index (χ0) is 13.1. The first-order chi connectivity index (χ1) is 9.31. The Morgan fingerprint density at radius 2 is 1.53 bits per heavy atom. The van der Waals surface area contributed by atoms with Crippen molar-refractivity contribution in [3.05, 3.63) is 60.4 Å². The van der Waals surface area contributed by atoms with Crippen LogP contribution in [0, 0.1) is 6.92 Å². The van der Waals surface area contributed by atoms with Gasteiger partial charge >= 0.3 is 0 Å².